The third kappa shape index (κ3) is 4.58. The third-order valence-electron chi connectivity index (χ3n) is 4.83. The Morgan fingerprint density at radius 3 is 2.70 bits per heavy atom. The molecule has 2 heterocycles. The summed E-state index contributed by atoms with van der Waals surface area (Å²) in [5.41, 5.74) is 10.8. The second-order valence-corrected chi connectivity index (χ2v) is 6.94. The molecule has 1 unspecified atom stereocenters. The lowest BCUT2D eigenvalue weighted by Crippen LogP contribution is -2.20. The topological polar surface area (TPSA) is 86.7 Å². The number of amides is 1. The fraction of sp³-hybridized carbons (Fsp3) is 0.333. The van der Waals surface area contributed by atoms with Gasteiger partial charge in [0, 0.05) is 31.6 Å². The fourth-order valence-corrected chi connectivity index (χ4v) is 3.19. The molecule has 6 nitrogen and oxygen atoms in total. The van der Waals surface area contributed by atoms with Crippen LogP contribution in [0.3, 0.4) is 0 Å². The van der Waals surface area contributed by atoms with E-state index in [2.05, 4.69) is 16.1 Å². The first-order chi connectivity index (χ1) is 12.9. The van der Waals surface area contributed by atoms with E-state index in [-0.39, 0.29) is 11.8 Å². The van der Waals surface area contributed by atoms with E-state index in [1.165, 1.54) is 0 Å². The third-order valence-corrected chi connectivity index (χ3v) is 4.83. The number of aromatic nitrogens is 4. The van der Waals surface area contributed by atoms with Gasteiger partial charge in [0.15, 0.2) is 0 Å². The molecule has 3 rings (SSSR count). The van der Waals surface area contributed by atoms with Gasteiger partial charge in [-0.15, -0.1) is 0 Å². The van der Waals surface area contributed by atoms with Crippen molar-refractivity contribution in [2.75, 3.05) is 0 Å². The molecule has 0 fully saturated rings. The molecule has 27 heavy (non-hydrogen) atoms. The number of carbonyl (C=O) groups excluding carboxylic acids is 1. The summed E-state index contributed by atoms with van der Waals surface area (Å²) in [6, 6.07) is 7.97. The number of hydrogen-bond donors (Lipinski definition) is 1. The molecular formula is C21H25N5O. The first-order valence-corrected chi connectivity index (χ1v) is 9.10. The fourth-order valence-electron chi connectivity index (χ4n) is 3.19. The molecule has 1 aromatic carbocycles. The number of hydrogen-bond acceptors (Lipinski definition) is 4. The summed E-state index contributed by atoms with van der Waals surface area (Å²) in [6.45, 7) is 3.88. The van der Waals surface area contributed by atoms with Gasteiger partial charge in [0.05, 0.1) is 12.1 Å². The Hall–Kier alpha value is -3.02. The molecule has 2 N–H and O–H groups in total. The predicted octanol–water partition coefficient (Wildman–Crippen LogP) is 2.48. The molecule has 3 aromatic rings. The van der Waals surface area contributed by atoms with Crippen LogP contribution in [-0.4, -0.2) is 25.7 Å². The van der Waals surface area contributed by atoms with Crippen molar-refractivity contribution in [3.05, 3.63) is 76.6 Å². The van der Waals surface area contributed by atoms with Crippen LogP contribution in [0, 0.1) is 6.92 Å². The zero-order valence-electron chi connectivity index (χ0n) is 16.0. The monoisotopic (exact) mass is 363 g/mol. The number of carbonyl (C=O) groups is 1. The molecule has 6 heteroatoms. The average molecular weight is 363 g/mol. The molecule has 0 saturated carbocycles. The van der Waals surface area contributed by atoms with Gasteiger partial charge in [-0.2, -0.15) is 5.10 Å². The van der Waals surface area contributed by atoms with Crippen LogP contribution < -0.4 is 5.73 Å². The minimum absolute atomic E-state index is 0.297. The molecule has 0 bridgehead atoms. The maximum Gasteiger partial charge on any atom is 0.224 e. The van der Waals surface area contributed by atoms with Crippen LogP contribution in [0.4, 0.5) is 0 Å². The zero-order chi connectivity index (χ0) is 19.4. The second kappa shape index (κ2) is 8.12. The van der Waals surface area contributed by atoms with Gasteiger partial charge >= 0.3 is 0 Å². The summed E-state index contributed by atoms with van der Waals surface area (Å²) in [5, 5.41) is 4.19. The van der Waals surface area contributed by atoms with Gasteiger partial charge in [-0.1, -0.05) is 24.3 Å². The van der Waals surface area contributed by atoms with Crippen LogP contribution >= 0.6 is 0 Å². The second-order valence-electron chi connectivity index (χ2n) is 6.94. The highest BCUT2D eigenvalue weighted by Crippen LogP contribution is 2.21. The summed E-state index contributed by atoms with van der Waals surface area (Å²) < 4.78 is 1.78. The van der Waals surface area contributed by atoms with Gasteiger partial charge in [0.1, 0.15) is 5.82 Å². The van der Waals surface area contributed by atoms with E-state index in [9.17, 15) is 4.79 Å². The maximum absolute atomic E-state index is 11.6. The van der Waals surface area contributed by atoms with Crippen LogP contribution in [0.15, 0.2) is 42.9 Å². The number of rotatable bonds is 7. The molecule has 1 amide bonds. The summed E-state index contributed by atoms with van der Waals surface area (Å²) in [5.74, 6) is 0.190. The summed E-state index contributed by atoms with van der Waals surface area (Å²) in [6.07, 6.45) is 7.95. The Kier molecular flexibility index (Phi) is 5.64. The van der Waals surface area contributed by atoms with E-state index < -0.39 is 0 Å². The van der Waals surface area contributed by atoms with E-state index in [4.69, 9.17) is 10.7 Å². The van der Waals surface area contributed by atoms with Crippen molar-refractivity contribution in [1.29, 1.82) is 0 Å². The lowest BCUT2D eigenvalue weighted by molar-refractivity contribution is -0.119. The molecule has 0 aliphatic rings. The number of benzene rings is 1. The predicted molar refractivity (Wildman–Crippen MR) is 104 cm³/mol. The summed E-state index contributed by atoms with van der Waals surface area (Å²) >= 11 is 0. The highest BCUT2D eigenvalue weighted by Gasteiger charge is 2.15. The van der Waals surface area contributed by atoms with Gasteiger partial charge in [0.25, 0.3) is 0 Å². The first-order valence-electron chi connectivity index (χ1n) is 9.10. The quantitative estimate of drug-likeness (QED) is 0.699. The van der Waals surface area contributed by atoms with E-state index in [0.717, 1.165) is 46.6 Å². The Labute approximate surface area is 159 Å². The molecular weight excluding hydrogens is 338 g/mol. The van der Waals surface area contributed by atoms with Gasteiger partial charge in [-0.05, 0) is 48.9 Å². The van der Waals surface area contributed by atoms with Crippen LogP contribution in [0.1, 0.15) is 46.6 Å². The molecule has 1 atom stereocenters. The number of primary amides is 1. The Morgan fingerprint density at radius 1 is 1.22 bits per heavy atom. The van der Waals surface area contributed by atoms with E-state index in [1.54, 1.807) is 4.68 Å². The van der Waals surface area contributed by atoms with Crippen molar-refractivity contribution < 1.29 is 4.79 Å². The standard InChI is InChI=1S/C21H25N5O/c1-14-11-23-20(10-16-12-24-26(3)13-16)25-19(14)9-8-17-6-4-5-7-18(17)15(2)21(22)27/h4-7,11-13,15H,8-10H2,1-3H3,(H2,22,27). The number of nitrogens with zero attached hydrogens (tertiary/aromatic N) is 4. The molecule has 2 aromatic heterocycles. The number of aryl methyl sites for hydroxylation is 4. The van der Waals surface area contributed by atoms with Crippen molar-refractivity contribution in [3.63, 3.8) is 0 Å². The van der Waals surface area contributed by atoms with Crippen LogP contribution in [0.2, 0.25) is 0 Å². The molecule has 0 saturated heterocycles. The van der Waals surface area contributed by atoms with E-state index in [0.29, 0.717) is 6.42 Å². The van der Waals surface area contributed by atoms with Crippen LogP contribution in [0.5, 0.6) is 0 Å². The van der Waals surface area contributed by atoms with Crippen molar-refractivity contribution in [3.8, 4) is 0 Å². The lowest BCUT2D eigenvalue weighted by atomic mass is 9.92. The van der Waals surface area contributed by atoms with Crippen molar-refractivity contribution in [1.82, 2.24) is 19.7 Å². The van der Waals surface area contributed by atoms with Crippen LogP contribution in [-0.2, 0) is 31.1 Å². The maximum atomic E-state index is 11.6. The highest BCUT2D eigenvalue weighted by atomic mass is 16.1. The van der Waals surface area contributed by atoms with Crippen molar-refractivity contribution >= 4 is 5.91 Å². The summed E-state index contributed by atoms with van der Waals surface area (Å²) in [4.78, 5) is 20.8. The Bertz CT molecular complexity index is 947. The molecule has 0 aliphatic heterocycles. The van der Waals surface area contributed by atoms with E-state index >= 15 is 0 Å². The van der Waals surface area contributed by atoms with Gasteiger partial charge in [-0.3, -0.25) is 9.48 Å². The average Bonchev–Trinajstić information content (AvgIpc) is 3.06. The minimum Gasteiger partial charge on any atom is -0.369 e. The number of nitrogens with two attached hydrogens (primary N) is 1. The molecule has 0 aliphatic carbocycles. The van der Waals surface area contributed by atoms with Crippen molar-refractivity contribution in [2.24, 2.45) is 12.8 Å². The smallest absolute Gasteiger partial charge is 0.224 e. The SMILES string of the molecule is Cc1cnc(Cc2cnn(C)c2)nc1CCc1ccccc1C(C)C(N)=O. The Balaban J connectivity index is 1.76. The van der Waals surface area contributed by atoms with E-state index in [1.807, 2.05) is 57.7 Å². The van der Waals surface area contributed by atoms with Gasteiger partial charge < -0.3 is 5.73 Å². The molecule has 0 radical (unpaired) electrons. The largest absolute Gasteiger partial charge is 0.369 e. The first kappa shape index (κ1) is 18.8. The lowest BCUT2D eigenvalue weighted by Gasteiger charge is -2.14. The van der Waals surface area contributed by atoms with Gasteiger partial charge in [0.2, 0.25) is 5.91 Å². The van der Waals surface area contributed by atoms with Crippen LogP contribution in [0.25, 0.3) is 0 Å². The molecule has 0 spiro atoms. The Morgan fingerprint density at radius 2 is 2.00 bits per heavy atom. The molecule has 140 valence electrons. The minimum atomic E-state index is -0.306. The van der Waals surface area contributed by atoms with Gasteiger partial charge in [-0.25, -0.2) is 9.97 Å². The highest BCUT2D eigenvalue weighted by molar-refractivity contribution is 5.81. The summed E-state index contributed by atoms with van der Waals surface area (Å²) in [7, 11) is 1.90. The van der Waals surface area contributed by atoms with Crippen molar-refractivity contribution in [2.45, 2.75) is 39.0 Å². The normalized spacial score (nSPS) is 12.1. The zero-order valence-corrected chi connectivity index (χ0v) is 16.0.